The molecule has 0 aromatic rings. The Morgan fingerprint density at radius 1 is 1.33 bits per heavy atom. The van der Waals surface area contributed by atoms with Gasteiger partial charge < -0.3 is 9.47 Å². The predicted molar refractivity (Wildman–Crippen MR) is 47.1 cm³/mol. The number of fused-ring (bicyclic) bond motifs is 1. The Bertz CT molecular complexity index is 147. The zero-order chi connectivity index (χ0) is 8.39. The molecule has 12 heavy (non-hydrogen) atoms. The highest BCUT2D eigenvalue weighted by atomic mass is 16.6. The Labute approximate surface area is 74.2 Å². The third-order valence-electron chi connectivity index (χ3n) is 2.99. The lowest BCUT2D eigenvalue weighted by Crippen LogP contribution is -2.15. The maximum atomic E-state index is 5.47. The molecule has 1 aliphatic carbocycles. The summed E-state index contributed by atoms with van der Waals surface area (Å²) in [4.78, 5) is 0. The number of rotatable bonds is 4. The van der Waals surface area contributed by atoms with Gasteiger partial charge in [-0.3, -0.25) is 0 Å². The van der Waals surface area contributed by atoms with Crippen LogP contribution in [0.15, 0.2) is 0 Å². The van der Waals surface area contributed by atoms with Gasteiger partial charge in [-0.2, -0.15) is 0 Å². The van der Waals surface area contributed by atoms with E-state index in [1.807, 2.05) is 0 Å². The summed E-state index contributed by atoms with van der Waals surface area (Å²) in [5.74, 6) is 0.875. The van der Waals surface area contributed by atoms with Crippen molar-refractivity contribution in [3.05, 3.63) is 0 Å². The van der Waals surface area contributed by atoms with Crippen molar-refractivity contribution >= 4 is 0 Å². The van der Waals surface area contributed by atoms with Crippen LogP contribution in [0.1, 0.15) is 32.6 Å². The average Bonchev–Trinajstić information content (AvgIpc) is 2.83. The summed E-state index contributed by atoms with van der Waals surface area (Å²) >= 11 is 0. The van der Waals surface area contributed by atoms with Crippen LogP contribution in [0.4, 0.5) is 0 Å². The van der Waals surface area contributed by atoms with Crippen molar-refractivity contribution < 1.29 is 9.47 Å². The first-order valence-corrected chi connectivity index (χ1v) is 5.13. The van der Waals surface area contributed by atoms with Crippen LogP contribution in [0.25, 0.3) is 0 Å². The summed E-state index contributed by atoms with van der Waals surface area (Å²) in [7, 11) is 0. The van der Waals surface area contributed by atoms with Crippen LogP contribution in [0, 0.1) is 5.92 Å². The van der Waals surface area contributed by atoms with Gasteiger partial charge in [-0.05, 0) is 38.5 Å². The summed E-state index contributed by atoms with van der Waals surface area (Å²) in [6, 6.07) is 0. The van der Waals surface area contributed by atoms with E-state index in [0.717, 1.165) is 19.1 Å². The second-order valence-electron chi connectivity index (χ2n) is 3.88. The van der Waals surface area contributed by atoms with Crippen LogP contribution >= 0.6 is 0 Å². The Kier molecular flexibility index (Phi) is 2.66. The van der Waals surface area contributed by atoms with E-state index in [-0.39, 0.29) is 0 Å². The summed E-state index contributed by atoms with van der Waals surface area (Å²) in [6.07, 6.45) is 6.45. The smallest absolute Gasteiger partial charge is 0.0844 e. The zero-order valence-corrected chi connectivity index (χ0v) is 7.79. The molecule has 2 fully saturated rings. The summed E-state index contributed by atoms with van der Waals surface area (Å²) in [5, 5.41) is 0. The molecule has 3 atom stereocenters. The molecule has 1 aliphatic heterocycles. The second-order valence-corrected chi connectivity index (χ2v) is 3.88. The molecule has 2 aliphatic rings. The van der Waals surface area contributed by atoms with E-state index in [9.17, 15) is 0 Å². The number of hydrogen-bond donors (Lipinski definition) is 0. The van der Waals surface area contributed by atoms with Gasteiger partial charge in [-0.15, -0.1) is 0 Å². The molecule has 1 saturated carbocycles. The molecule has 0 N–H and O–H groups in total. The quantitative estimate of drug-likeness (QED) is 0.475. The number of epoxide rings is 1. The van der Waals surface area contributed by atoms with Crippen molar-refractivity contribution in [3.63, 3.8) is 0 Å². The first-order chi connectivity index (χ1) is 5.90. The molecule has 1 heterocycles. The Hall–Kier alpha value is -0.0800. The van der Waals surface area contributed by atoms with Crippen LogP contribution in [0.2, 0.25) is 0 Å². The van der Waals surface area contributed by atoms with Crippen LogP contribution in [0.5, 0.6) is 0 Å². The average molecular weight is 170 g/mol. The molecule has 3 unspecified atom stereocenters. The molecular formula is C10H18O2. The van der Waals surface area contributed by atoms with Gasteiger partial charge in [0.25, 0.3) is 0 Å². The van der Waals surface area contributed by atoms with E-state index in [4.69, 9.17) is 9.47 Å². The molecular weight excluding hydrogens is 152 g/mol. The highest BCUT2D eigenvalue weighted by molar-refractivity contribution is 4.91. The Balaban J connectivity index is 1.61. The van der Waals surface area contributed by atoms with E-state index in [1.165, 1.54) is 25.7 Å². The number of ether oxygens (including phenoxy) is 2. The van der Waals surface area contributed by atoms with Crippen molar-refractivity contribution in [3.8, 4) is 0 Å². The van der Waals surface area contributed by atoms with Crippen molar-refractivity contribution in [2.45, 2.75) is 44.8 Å². The third kappa shape index (κ3) is 1.99. The maximum absolute atomic E-state index is 5.47. The second kappa shape index (κ2) is 3.75. The first-order valence-electron chi connectivity index (χ1n) is 5.13. The minimum absolute atomic E-state index is 0.630. The van der Waals surface area contributed by atoms with Gasteiger partial charge in [0, 0.05) is 13.2 Å². The van der Waals surface area contributed by atoms with Crippen molar-refractivity contribution in [2.24, 2.45) is 5.92 Å². The summed E-state index contributed by atoms with van der Waals surface area (Å²) < 4.78 is 10.8. The lowest BCUT2D eigenvalue weighted by Gasteiger charge is -2.18. The summed E-state index contributed by atoms with van der Waals surface area (Å²) in [5.41, 5.74) is 0. The van der Waals surface area contributed by atoms with Crippen LogP contribution in [0.3, 0.4) is 0 Å². The molecule has 2 nitrogen and oxygen atoms in total. The van der Waals surface area contributed by atoms with Crippen molar-refractivity contribution in [1.82, 2.24) is 0 Å². The molecule has 70 valence electrons. The highest BCUT2D eigenvalue weighted by Crippen LogP contribution is 2.40. The fourth-order valence-electron chi connectivity index (χ4n) is 2.14. The van der Waals surface area contributed by atoms with Crippen LogP contribution < -0.4 is 0 Å². The SMILES string of the molecule is CCOCCC1CCC2OC2C1. The maximum Gasteiger partial charge on any atom is 0.0844 e. The van der Waals surface area contributed by atoms with E-state index >= 15 is 0 Å². The van der Waals surface area contributed by atoms with Crippen molar-refractivity contribution in [1.29, 1.82) is 0 Å². The largest absolute Gasteiger partial charge is 0.382 e. The molecule has 2 heteroatoms. The van der Waals surface area contributed by atoms with Gasteiger partial charge in [0.05, 0.1) is 12.2 Å². The topological polar surface area (TPSA) is 21.8 Å². The Morgan fingerprint density at radius 3 is 3.00 bits per heavy atom. The molecule has 0 radical (unpaired) electrons. The predicted octanol–water partition coefficient (Wildman–Crippen LogP) is 1.98. The molecule has 0 spiro atoms. The van der Waals surface area contributed by atoms with Gasteiger partial charge in [-0.1, -0.05) is 0 Å². The minimum Gasteiger partial charge on any atom is -0.382 e. The highest BCUT2D eigenvalue weighted by Gasteiger charge is 2.43. The van der Waals surface area contributed by atoms with Gasteiger partial charge in [0.2, 0.25) is 0 Å². The molecule has 0 aromatic heterocycles. The molecule has 2 rings (SSSR count). The van der Waals surface area contributed by atoms with Gasteiger partial charge in [0.1, 0.15) is 0 Å². The third-order valence-corrected chi connectivity index (χ3v) is 2.99. The van der Waals surface area contributed by atoms with Gasteiger partial charge in [-0.25, -0.2) is 0 Å². The molecule has 0 aromatic carbocycles. The first kappa shape index (κ1) is 8.52. The lowest BCUT2D eigenvalue weighted by molar-refractivity contribution is 0.126. The lowest BCUT2D eigenvalue weighted by atomic mass is 9.87. The molecule has 0 bridgehead atoms. The van der Waals surface area contributed by atoms with Gasteiger partial charge >= 0.3 is 0 Å². The van der Waals surface area contributed by atoms with Crippen LogP contribution in [-0.2, 0) is 9.47 Å². The fourth-order valence-corrected chi connectivity index (χ4v) is 2.14. The van der Waals surface area contributed by atoms with E-state index in [1.54, 1.807) is 0 Å². The van der Waals surface area contributed by atoms with E-state index in [2.05, 4.69) is 6.92 Å². The molecule has 0 amide bonds. The van der Waals surface area contributed by atoms with Gasteiger partial charge in [0.15, 0.2) is 0 Å². The zero-order valence-electron chi connectivity index (χ0n) is 7.79. The Morgan fingerprint density at radius 2 is 2.25 bits per heavy atom. The monoisotopic (exact) mass is 170 g/mol. The normalized spacial score (nSPS) is 39.2. The van der Waals surface area contributed by atoms with Crippen molar-refractivity contribution in [2.75, 3.05) is 13.2 Å². The fraction of sp³-hybridized carbons (Fsp3) is 1.00. The minimum atomic E-state index is 0.630. The van der Waals surface area contributed by atoms with Crippen LogP contribution in [-0.4, -0.2) is 25.4 Å². The molecule has 1 saturated heterocycles. The number of hydrogen-bond acceptors (Lipinski definition) is 2. The summed E-state index contributed by atoms with van der Waals surface area (Å²) in [6.45, 7) is 3.86. The van der Waals surface area contributed by atoms with E-state index in [0.29, 0.717) is 12.2 Å². The van der Waals surface area contributed by atoms with E-state index < -0.39 is 0 Å². The standard InChI is InChI=1S/C10H18O2/c1-2-11-6-5-8-3-4-9-10(7-8)12-9/h8-10H,2-7H2,1H3.